The number of halogens is 1. The van der Waals surface area contributed by atoms with Crippen molar-refractivity contribution in [3.05, 3.63) is 105 Å². The molecule has 53 heavy (non-hydrogen) atoms. The number of nitrogens with one attached hydrogen (secondary N) is 1. The molecule has 5 aromatic rings. The first kappa shape index (κ1) is 38.1. The van der Waals surface area contributed by atoms with Crippen molar-refractivity contribution in [2.45, 2.75) is 92.0 Å². The molecular weight excluding hydrogens is 710 g/mol. The zero-order valence-electron chi connectivity index (χ0n) is 31.3. The summed E-state index contributed by atoms with van der Waals surface area (Å²) in [5.41, 5.74) is 6.44. The van der Waals surface area contributed by atoms with Crippen LogP contribution in [0, 0.1) is 20.8 Å². The molecule has 0 unspecified atom stereocenters. The minimum absolute atomic E-state index is 0.0395. The summed E-state index contributed by atoms with van der Waals surface area (Å²) < 4.78 is 14.7. The van der Waals surface area contributed by atoms with Gasteiger partial charge in [-0.1, -0.05) is 48.0 Å². The number of benzene rings is 2. The smallest absolute Gasteiger partial charge is 0.332 e. The van der Waals surface area contributed by atoms with Crippen molar-refractivity contribution in [1.29, 1.82) is 0 Å². The third-order valence-electron chi connectivity index (χ3n) is 9.06. The molecule has 278 valence electrons. The molecule has 6 rings (SSSR count). The number of unbranched alkanes of at least 4 members (excludes halogenated alkanes) is 1. The molecule has 13 heteroatoms. The number of carbonyl (C=O) groups excluding carboxylic acids is 2. The number of fused-ring (bicyclic) bond motifs is 3. The summed E-state index contributed by atoms with van der Waals surface area (Å²) in [4.78, 5) is 31.9. The minimum atomic E-state index is -0.544. The van der Waals surface area contributed by atoms with Gasteiger partial charge in [-0.15, -0.1) is 21.5 Å². The number of aromatic nitrogens is 5. The van der Waals surface area contributed by atoms with E-state index in [0.29, 0.717) is 17.5 Å². The Kier molecular flexibility index (Phi) is 11.6. The van der Waals surface area contributed by atoms with E-state index in [0.717, 1.165) is 69.3 Å². The van der Waals surface area contributed by atoms with Crippen LogP contribution in [0.4, 0.5) is 0 Å². The Morgan fingerprint density at radius 3 is 2.42 bits per heavy atom. The fourth-order valence-corrected chi connectivity index (χ4v) is 7.64. The number of rotatable bonds is 13. The zero-order chi connectivity index (χ0) is 37.9. The van der Waals surface area contributed by atoms with Crippen molar-refractivity contribution in [2.24, 2.45) is 4.99 Å². The second-order valence-electron chi connectivity index (χ2n) is 14.4. The van der Waals surface area contributed by atoms with Crippen LogP contribution in [-0.2, 0) is 25.6 Å². The lowest BCUT2D eigenvalue weighted by atomic mass is 9.99. The van der Waals surface area contributed by atoms with Crippen LogP contribution in [0.5, 0.6) is 0 Å². The highest BCUT2D eigenvalue weighted by Gasteiger charge is 2.32. The predicted molar refractivity (Wildman–Crippen MR) is 208 cm³/mol. The summed E-state index contributed by atoms with van der Waals surface area (Å²) in [5.74, 6) is 0.914. The first-order valence-electron chi connectivity index (χ1n) is 17.9. The molecule has 1 aliphatic rings. The number of amides is 1. The molecule has 0 spiro atoms. The second kappa shape index (κ2) is 16.2. The number of carbonyl (C=O) groups is 2. The number of nitrogens with zero attached hydrogens (tertiary/aromatic N) is 6. The Balaban J connectivity index is 1.07. The lowest BCUT2D eigenvalue weighted by molar-refractivity contribution is -0.160. The van der Waals surface area contributed by atoms with Crippen molar-refractivity contribution in [1.82, 2.24) is 29.9 Å². The largest absolute Gasteiger partial charge is 0.458 e. The number of aryl methyl sites for hydroxylation is 3. The second-order valence-corrected chi connectivity index (χ2v) is 16.0. The average molecular weight is 756 g/mol. The summed E-state index contributed by atoms with van der Waals surface area (Å²) >= 11 is 7.93. The van der Waals surface area contributed by atoms with Crippen molar-refractivity contribution in [3.8, 4) is 16.1 Å². The molecule has 4 heterocycles. The van der Waals surface area contributed by atoms with Crippen LogP contribution in [0.3, 0.4) is 0 Å². The van der Waals surface area contributed by atoms with Gasteiger partial charge in [0.1, 0.15) is 29.1 Å². The SMILES string of the molecule is Cc1sc2c(c1C)C(c1ccc(Cl)cc1)=N[C@@H](CC(=O)N[C@H](C)c1ccc(-c3cnn(CCCCOCC(=O)OC(C)(C)C)c3)cc1)c1nnc(C)n1-2. The Morgan fingerprint density at radius 2 is 1.70 bits per heavy atom. The summed E-state index contributed by atoms with van der Waals surface area (Å²) in [6.45, 7) is 14.8. The molecule has 0 saturated carbocycles. The van der Waals surface area contributed by atoms with Crippen molar-refractivity contribution >= 4 is 40.5 Å². The van der Waals surface area contributed by atoms with Crippen molar-refractivity contribution in [2.75, 3.05) is 13.2 Å². The maximum absolute atomic E-state index is 13.7. The number of hydrogen-bond acceptors (Lipinski definition) is 9. The first-order chi connectivity index (χ1) is 25.3. The third kappa shape index (κ3) is 9.12. The van der Waals surface area contributed by atoms with Gasteiger partial charge in [0, 0.05) is 45.9 Å². The molecule has 0 fully saturated rings. The molecule has 2 atom stereocenters. The summed E-state index contributed by atoms with van der Waals surface area (Å²) in [7, 11) is 0. The van der Waals surface area contributed by atoms with Gasteiger partial charge in [0.2, 0.25) is 5.91 Å². The number of hydrogen-bond donors (Lipinski definition) is 1. The van der Waals surface area contributed by atoms with Gasteiger partial charge in [-0.2, -0.15) is 5.10 Å². The van der Waals surface area contributed by atoms with E-state index in [-0.39, 0.29) is 30.9 Å². The Hall–Kier alpha value is -4.65. The molecule has 0 saturated heterocycles. The van der Waals surface area contributed by atoms with Gasteiger partial charge in [0.05, 0.1) is 24.4 Å². The molecule has 1 N–H and O–H groups in total. The molecule has 0 aliphatic carbocycles. The maximum atomic E-state index is 13.7. The number of ether oxygens (including phenoxy) is 2. The van der Waals surface area contributed by atoms with Gasteiger partial charge in [-0.05, 0) is 90.1 Å². The quantitative estimate of drug-likeness (QED) is 0.0952. The molecule has 1 amide bonds. The standard InChI is InChI=1S/C40H46ClN7O4S/c1-24-26(3)53-39-36(24)37(30-14-16-32(41)17-15-30)44-33(38-46-45-27(4)48(38)39)20-34(49)43-25(2)28-10-12-29(13-11-28)31-21-42-47(22-31)18-8-9-19-51-23-35(50)52-40(5,6)7/h10-17,21-22,25,33H,8-9,18-20,23H2,1-7H3,(H,43,49)/t25-,33+/m1/s1. The molecule has 0 bridgehead atoms. The molecule has 2 aromatic carbocycles. The summed E-state index contributed by atoms with van der Waals surface area (Å²) in [6, 6.07) is 15.1. The molecule has 1 aliphatic heterocycles. The molecule has 11 nitrogen and oxygen atoms in total. The van der Waals surface area contributed by atoms with E-state index in [9.17, 15) is 9.59 Å². The Labute approximate surface area is 319 Å². The normalized spacial score (nSPS) is 14.6. The first-order valence-corrected chi connectivity index (χ1v) is 19.0. The summed E-state index contributed by atoms with van der Waals surface area (Å²) in [6.07, 6.45) is 5.66. The highest BCUT2D eigenvalue weighted by molar-refractivity contribution is 7.15. The lowest BCUT2D eigenvalue weighted by Crippen LogP contribution is -2.28. The number of aliphatic imine (C=N–C) groups is 1. The van der Waals surface area contributed by atoms with E-state index < -0.39 is 11.6 Å². The van der Waals surface area contributed by atoms with Gasteiger partial charge >= 0.3 is 5.97 Å². The number of esters is 1. The monoisotopic (exact) mass is 755 g/mol. The minimum Gasteiger partial charge on any atom is -0.458 e. The maximum Gasteiger partial charge on any atom is 0.332 e. The molecule has 3 aromatic heterocycles. The van der Waals surface area contributed by atoms with E-state index in [1.807, 2.05) is 100 Å². The third-order valence-corrected chi connectivity index (χ3v) is 10.5. The van der Waals surface area contributed by atoms with E-state index >= 15 is 0 Å². The van der Waals surface area contributed by atoms with Gasteiger partial charge < -0.3 is 14.8 Å². The fraction of sp³-hybridized carbons (Fsp3) is 0.400. The molecular formula is C40H46ClN7O4S. The lowest BCUT2D eigenvalue weighted by Gasteiger charge is -2.19. The predicted octanol–water partition coefficient (Wildman–Crippen LogP) is 8.07. The van der Waals surface area contributed by atoms with E-state index in [1.165, 1.54) is 4.88 Å². The van der Waals surface area contributed by atoms with Crippen LogP contribution in [0.1, 0.15) is 97.8 Å². The highest BCUT2D eigenvalue weighted by atomic mass is 35.5. The van der Waals surface area contributed by atoms with E-state index in [2.05, 4.69) is 39.0 Å². The zero-order valence-corrected chi connectivity index (χ0v) is 32.8. The van der Waals surface area contributed by atoms with Crippen molar-refractivity contribution < 1.29 is 19.1 Å². The van der Waals surface area contributed by atoms with Gasteiger partial charge in [0.25, 0.3) is 0 Å². The van der Waals surface area contributed by atoms with Crippen LogP contribution in [-0.4, -0.2) is 60.9 Å². The average Bonchev–Trinajstić information content (AvgIpc) is 3.79. The fourth-order valence-electron chi connectivity index (χ4n) is 6.30. The topological polar surface area (TPSA) is 126 Å². The Bertz CT molecular complexity index is 2110. The van der Waals surface area contributed by atoms with Crippen LogP contribution in [0.25, 0.3) is 16.1 Å². The Morgan fingerprint density at radius 1 is 0.981 bits per heavy atom. The van der Waals surface area contributed by atoms with Crippen LogP contribution >= 0.6 is 22.9 Å². The van der Waals surface area contributed by atoms with Gasteiger partial charge in [-0.25, -0.2) is 4.79 Å². The summed E-state index contributed by atoms with van der Waals surface area (Å²) in [5, 5.41) is 18.3. The van der Waals surface area contributed by atoms with E-state index in [4.69, 9.17) is 26.1 Å². The van der Waals surface area contributed by atoms with E-state index in [1.54, 1.807) is 11.3 Å². The van der Waals surface area contributed by atoms with Crippen LogP contribution in [0.15, 0.2) is 65.9 Å². The van der Waals surface area contributed by atoms with Crippen molar-refractivity contribution in [3.63, 3.8) is 0 Å². The van der Waals surface area contributed by atoms with Crippen LogP contribution < -0.4 is 5.32 Å². The van der Waals surface area contributed by atoms with Gasteiger partial charge in [-0.3, -0.25) is 19.0 Å². The number of thiophene rings is 1. The highest BCUT2D eigenvalue weighted by Crippen LogP contribution is 2.39. The van der Waals surface area contributed by atoms with Gasteiger partial charge in [0.15, 0.2) is 5.82 Å². The molecule has 0 radical (unpaired) electrons. The van der Waals surface area contributed by atoms with Crippen LogP contribution in [0.2, 0.25) is 5.02 Å².